The van der Waals surface area contributed by atoms with Crippen LogP contribution in [0.15, 0.2) is 36.5 Å². The minimum absolute atomic E-state index is 0.243. The normalized spacial score (nSPS) is 21.6. The second-order valence-corrected chi connectivity index (χ2v) is 7.35. The quantitative estimate of drug-likeness (QED) is 0.856. The number of aromatic nitrogens is 2. The van der Waals surface area contributed by atoms with Crippen LogP contribution in [0.4, 0.5) is 0 Å². The Kier molecular flexibility index (Phi) is 3.11. The van der Waals surface area contributed by atoms with Gasteiger partial charge >= 0.3 is 0 Å². The first-order chi connectivity index (χ1) is 9.08. The molecule has 1 aliphatic rings. The highest BCUT2D eigenvalue weighted by atomic mass is 35.5. The number of hydrogen-bond acceptors (Lipinski definition) is 3. The smallest absolute Gasteiger partial charge is 0.173 e. The number of nitrogens with zero attached hydrogens (tertiary/aromatic N) is 2. The van der Waals surface area contributed by atoms with Crippen LogP contribution in [0.1, 0.15) is 18.2 Å². The molecule has 1 atom stereocenters. The minimum Gasteiger partial charge on any atom is -0.247 e. The Bertz CT molecular complexity index is 709. The fraction of sp³-hybridized carbons (Fsp3) is 0.308. The third-order valence-electron chi connectivity index (χ3n) is 3.36. The minimum atomic E-state index is -3.08. The van der Waals surface area contributed by atoms with Crippen LogP contribution >= 0.6 is 11.6 Å². The van der Waals surface area contributed by atoms with Gasteiger partial charge in [-0.1, -0.05) is 23.7 Å². The van der Waals surface area contributed by atoms with Crippen molar-refractivity contribution >= 4 is 21.4 Å². The molecule has 2 heterocycles. The zero-order chi connectivity index (χ0) is 13.5. The monoisotopic (exact) mass is 296 g/mol. The molecule has 0 saturated carbocycles. The molecule has 1 saturated heterocycles. The Hall–Kier alpha value is -1.33. The number of hydrogen-bond donors (Lipinski definition) is 0. The van der Waals surface area contributed by atoms with E-state index in [0.29, 0.717) is 17.9 Å². The first-order valence-corrected chi connectivity index (χ1v) is 8.18. The number of sulfone groups is 1. The Morgan fingerprint density at radius 1 is 1.32 bits per heavy atom. The van der Waals surface area contributed by atoms with Crippen molar-refractivity contribution in [3.8, 4) is 11.3 Å². The average Bonchev–Trinajstić information content (AvgIpc) is 2.94. The molecular weight excluding hydrogens is 284 g/mol. The molecule has 1 aliphatic heterocycles. The van der Waals surface area contributed by atoms with Crippen LogP contribution < -0.4 is 0 Å². The van der Waals surface area contributed by atoms with Crippen LogP contribution in [0.5, 0.6) is 0 Å². The second-order valence-electron chi connectivity index (χ2n) is 4.64. The summed E-state index contributed by atoms with van der Waals surface area (Å²) in [5.74, 6) is 0.243. The largest absolute Gasteiger partial charge is 0.247 e. The van der Waals surface area contributed by atoms with Gasteiger partial charge < -0.3 is 0 Å². The molecule has 1 fully saturated rings. The highest BCUT2D eigenvalue weighted by Gasteiger charge is 2.34. The molecule has 6 heteroatoms. The predicted molar refractivity (Wildman–Crippen MR) is 74.7 cm³/mol. The van der Waals surface area contributed by atoms with Gasteiger partial charge in [-0.25, -0.2) is 13.1 Å². The van der Waals surface area contributed by atoms with E-state index in [1.165, 1.54) is 0 Å². The summed E-state index contributed by atoms with van der Waals surface area (Å²) in [6.07, 6.45) is 2.95. The van der Waals surface area contributed by atoms with Crippen LogP contribution in [0.2, 0.25) is 5.02 Å². The topological polar surface area (TPSA) is 52.0 Å². The van der Waals surface area contributed by atoms with Crippen LogP contribution in [-0.4, -0.2) is 24.0 Å². The predicted octanol–water partition coefficient (Wildman–Crippen LogP) is 2.91. The van der Waals surface area contributed by atoms with Gasteiger partial charge in [0.1, 0.15) is 0 Å². The molecule has 0 spiro atoms. The number of halogens is 1. The summed E-state index contributed by atoms with van der Waals surface area (Å²) >= 11 is 5.98. The Morgan fingerprint density at radius 2 is 2.16 bits per heavy atom. The van der Waals surface area contributed by atoms with Crippen LogP contribution in [-0.2, 0) is 9.84 Å². The van der Waals surface area contributed by atoms with E-state index in [9.17, 15) is 8.42 Å². The van der Waals surface area contributed by atoms with Gasteiger partial charge in [-0.3, -0.25) is 0 Å². The molecule has 0 bridgehead atoms. The lowest BCUT2D eigenvalue weighted by atomic mass is 10.1. The van der Waals surface area contributed by atoms with Gasteiger partial charge in [-0.05, 0) is 31.0 Å². The highest BCUT2D eigenvalue weighted by molar-refractivity contribution is 7.91. The first-order valence-electron chi connectivity index (χ1n) is 6.09. The van der Waals surface area contributed by atoms with Gasteiger partial charge in [0.25, 0.3) is 0 Å². The maximum atomic E-state index is 12.0. The van der Waals surface area contributed by atoms with Gasteiger partial charge in [0, 0.05) is 16.8 Å². The van der Waals surface area contributed by atoms with E-state index in [-0.39, 0.29) is 5.75 Å². The third kappa shape index (κ3) is 2.28. The summed E-state index contributed by atoms with van der Waals surface area (Å²) < 4.78 is 25.7. The van der Waals surface area contributed by atoms with Gasteiger partial charge in [0.15, 0.2) is 15.2 Å². The van der Waals surface area contributed by atoms with Crippen molar-refractivity contribution in [2.45, 2.75) is 18.2 Å². The summed E-state index contributed by atoms with van der Waals surface area (Å²) in [6, 6.07) is 9.17. The van der Waals surface area contributed by atoms with Crippen molar-refractivity contribution in [3.63, 3.8) is 0 Å². The standard InChI is InChI=1S/C13H13ClN2O2S/c14-11-4-1-3-10(9-11)12-6-7-15-16(12)13-5-2-8-19(13,17)18/h1,3-4,6-7,9,13H,2,5,8H2. The van der Waals surface area contributed by atoms with Crippen molar-refractivity contribution in [3.05, 3.63) is 41.6 Å². The molecule has 0 amide bonds. The van der Waals surface area contributed by atoms with E-state index >= 15 is 0 Å². The van der Waals surface area contributed by atoms with Crippen LogP contribution in [0.3, 0.4) is 0 Å². The van der Waals surface area contributed by atoms with Gasteiger partial charge in [-0.2, -0.15) is 5.10 Å². The molecule has 3 rings (SSSR count). The molecular formula is C13H13ClN2O2S. The van der Waals surface area contributed by atoms with E-state index in [1.54, 1.807) is 16.9 Å². The van der Waals surface area contributed by atoms with Gasteiger partial charge in [-0.15, -0.1) is 0 Å². The summed E-state index contributed by atoms with van der Waals surface area (Å²) in [5, 5.41) is 4.27. The lowest BCUT2D eigenvalue weighted by molar-refractivity contribution is 0.530. The summed E-state index contributed by atoms with van der Waals surface area (Å²) in [4.78, 5) is 0. The number of rotatable bonds is 2. The molecule has 4 nitrogen and oxygen atoms in total. The van der Waals surface area contributed by atoms with Crippen LogP contribution in [0, 0.1) is 0 Å². The fourth-order valence-electron chi connectivity index (χ4n) is 2.47. The van der Waals surface area contributed by atoms with E-state index < -0.39 is 15.2 Å². The molecule has 1 aromatic carbocycles. The zero-order valence-corrected chi connectivity index (χ0v) is 11.7. The highest BCUT2D eigenvalue weighted by Crippen LogP contribution is 2.33. The molecule has 0 radical (unpaired) electrons. The van der Waals surface area contributed by atoms with Gasteiger partial charge in [0.2, 0.25) is 0 Å². The molecule has 1 aromatic heterocycles. The maximum Gasteiger partial charge on any atom is 0.173 e. The van der Waals surface area contributed by atoms with Crippen molar-refractivity contribution in [1.29, 1.82) is 0 Å². The SMILES string of the molecule is O=S1(=O)CCCC1n1nccc1-c1cccc(Cl)c1. The molecule has 1 unspecified atom stereocenters. The summed E-state index contributed by atoms with van der Waals surface area (Å²) in [6.45, 7) is 0. The fourth-order valence-corrected chi connectivity index (χ4v) is 4.50. The third-order valence-corrected chi connectivity index (χ3v) is 5.72. The first kappa shape index (κ1) is 12.7. The van der Waals surface area contributed by atoms with Gasteiger partial charge in [0.05, 0.1) is 11.4 Å². The number of benzene rings is 1. The van der Waals surface area contributed by atoms with Crippen molar-refractivity contribution in [2.75, 3.05) is 5.75 Å². The van der Waals surface area contributed by atoms with Crippen LogP contribution in [0.25, 0.3) is 11.3 Å². The molecule has 0 aliphatic carbocycles. The van der Waals surface area contributed by atoms with E-state index in [0.717, 1.165) is 11.3 Å². The molecule has 2 aromatic rings. The summed E-state index contributed by atoms with van der Waals surface area (Å²) in [7, 11) is -3.08. The molecule has 19 heavy (non-hydrogen) atoms. The van der Waals surface area contributed by atoms with E-state index in [1.807, 2.05) is 24.3 Å². The second kappa shape index (κ2) is 4.65. The maximum absolute atomic E-state index is 12.0. The molecule has 100 valence electrons. The van der Waals surface area contributed by atoms with Crippen molar-refractivity contribution in [1.82, 2.24) is 9.78 Å². The van der Waals surface area contributed by atoms with Crippen molar-refractivity contribution in [2.24, 2.45) is 0 Å². The Labute approximate surface area is 116 Å². The van der Waals surface area contributed by atoms with E-state index in [4.69, 9.17) is 11.6 Å². The Balaban J connectivity index is 2.09. The zero-order valence-electron chi connectivity index (χ0n) is 10.2. The Morgan fingerprint density at radius 3 is 2.84 bits per heavy atom. The lowest BCUT2D eigenvalue weighted by Crippen LogP contribution is -2.17. The average molecular weight is 297 g/mol. The molecule has 0 N–H and O–H groups in total. The van der Waals surface area contributed by atoms with E-state index in [2.05, 4.69) is 5.10 Å². The lowest BCUT2D eigenvalue weighted by Gasteiger charge is -2.14. The van der Waals surface area contributed by atoms with Crippen molar-refractivity contribution < 1.29 is 8.42 Å². The summed E-state index contributed by atoms with van der Waals surface area (Å²) in [5.41, 5.74) is 1.67.